The number of methoxy groups -OCH3 is 1. The molecule has 0 saturated carbocycles. The minimum Gasteiger partial charge on any atom is -0.497 e. The molecule has 3 N–H and O–H groups in total. The highest BCUT2D eigenvalue weighted by Gasteiger charge is 2.21. The molecule has 1 aromatic carbocycles. The Kier molecular flexibility index (Phi) is 4.45. The highest BCUT2D eigenvalue weighted by atomic mass is 32.1. The molecule has 3 aromatic rings. The fourth-order valence-corrected chi connectivity index (χ4v) is 2.70. The molecule has 0 amide bonds. The van der Waals surface area contributed by atoms with Gasteiger partial charge in [0.15, 0.2) is 5.82 Å². The van der Waals surface area contributed by atoms with Crippen molar-refractivity contribution in [3.63, 3.8) is 0 Å². The van der Waals surface area contributed by atoms with Gasteiger partial charge in [-0.05, 0) is 38.1 Å². The third-order valence-electron chi connectivity index (χ3n) is 3.25. The van der Waals surface area contributed by atoms with E-state index in [1.807, 2.05) is 24.3 Å². The molecule has 0 atom stereocenters. The van der Waals surface area contributed by atoms with Crippen molar-refractivity contribution in [2.24, 2.45) is 0 Å². The van der Waals surface area contributed by atoms with Gasteiger partial charge in [-0.15, -0.1) is 10.2 Å². The lowest BCUT2D eigenvalue weighted by Crippen LogP contribution is -2.17. The van der Waals surface area contributed by atoms with E-state index in [-0.39, 0.29) is 0 Å². The lowest BCUT2D eigenvalue weighted by Gasteiger charge is -2.10. The largest absolute Gasteiger partial charge is 0.497 e. The monoisotopic (exact) mass is 346 g/mol. The fraction of sp³-hybridized carbons (Fsp3) is 0.333. The van der Waals surface area contributed by atoms with Gasteiger partial charge in [-0.3, -0.25) is 5.10 Å². The Bertz CT molecular complexity index is 806. The van der Waals surface area contributed by atoms with Gasteiger partial charge in [0.2, 0.25) is 5.13 Å². The van der Waals surface area contributed by atoms with Gasteiger partial charge in [0.05, 0.1) is 13.7 Å². The van der Waals surface area contributed by atoms with Gasteiger partial charge >= 0.3 is 0 Å². The maximum Gasteiger partial charge on any atom is 0.206 e. The number of hydrogen-bond donors (Lipinski definition) is 3. The van der Waals surface area contributed by atoms with Crippen LogP contribution in [0.25, 0.3) is 10.6 Å². The molecule has 0 fully saturated rings. The Hall–Kier alpha value is -2.52. The standard InChI is InChI=1S/C15H18N6O2S/c1-15(2,22)13-17-11(18-20-13)8-16-14-21-19-12(24-14)9-4-6-10(23-3)7-5-9/h4-7,22H,8H2,1-3H3,(H,16,21)(H,17,18,20). The first-order valence-electron chi connectivity index (χ1n) is 7.31. The summed E-state index contributed by atoms with van der Waals surface area (Å²) in [6.07, 6.45) is 0. The molecule has 0 aliphatic heterocycles. The number of aliphatic hydroxyl groups is 1. The topological polar surface area (TPSA) is 109 Å². The van der Waals surface area contributed by atoms with Crippen molar-refractivity contribution in [1.82, 2.24) is 25.4 Å². The fourth-order valence-electron chi connectivity index (χ4n) is 1.95. The van der Waals surface area contributed by atoms with Gasteiger partial charge in [0, 0.05) is 5.56 Å². The summed E-state index contributed by atoms with van der Waals surface area (Å²) in [6, 6.07) is 7.65. The molecule has 24 heavy (non-hydrogen) atoms. The molecule has 3 rings (SSSR count). The highest BCUT2D eigenvalue weighted by Crippen LogP contribution is 2.27. The summed E-state index contributed by atoms with van der Waals surface area (Å²) >= 11 is 1.45. The number of ether oxygens (including phenoxy) is 1. The van der Waals surface area contributed by atoms with Gasteiger partial charge in [0.25, 0.3) is 0 Å². The second kappa shape index (κ2) is 6.54. The molecule has 0 aliphatic carbocycles. The van der Waals surface area contributed by atoms with E-state index >= 15 is 0 Å². The first kappa shape index (κ1) is 16.3. The molecule has 2 heterocycles. The first-order valence-corrected chi connectivity index (χ1v) is 8.13. The number of anilines is 1. The van der Waals surface area contributed by atoms with Crippen LogP contribution < -0.4 is 10.1 Å². The van der Waals surface area contributed by atoms with Crippen molar-refractivity contribution in [2.75, 3.05) is 12.4 Å². The first-order chi connectivity index (χ1) is 11.5. The minimum atomic E-state index is -1.07. The summed E-state index contributed by atoms with van der Waals surface area (Å²) in [4.78, 5) is 4.24. The van der Waals surface area contributed by atoms with Crippen LogP contribution in [-0.2, 0) is 12.1 Å². The number of hydrogen-bond acceptors (Lipinski definition) is 8. The number of benzene rings is 1. The second-order valence-electron chi connectivity index (χ2n) is 5.66. The summed E-state index contributed by atoms with van der Waals surface area (Å²) in [7, 11) is 1.63. The molecule has 0 bridgehead atoms. The Balaban J connectivity index is 1.64. The lowest BCUT2D eigenvalue weighted by molar-refractivity contribution is 0.0691. The molecule has 0 spiro atoms. The molecule has 9 heteroatoms. The van der Waals surface area contributed by atoms with Crippen molar-refractivity contribution in [1.29, 1.82) is 0 Å². The van der Waals surface area contributed by atoms with Crippen LogP contribution in [0, 0.1) is 0 Å². The zero-order valence-corrected chi connectivity index (χ0v) is 14.4. The van der Waals surface area contributed by atoms with Crippen molar-refractivity contribution in [3.8, 4) is 16.3 Å². The zero-order chi connectivity index (χ0) is 17.2. The molecule has 0 radical (unpaired) electrons. The van der Waals surface area contributed by atoms with Gasteiger partial charge in [-0.2, -0.15) is 5.10 Å². The highest BCUT2D eigenvalue weighted by molar-refractivity contribution is 7.18. The number of nitrogens with zero attached hydrogens (tertiary/aromatic N) is 4. The molecule has 126 valence electrons. The van der Waals surface area contributed by atoms with E-state index in [9.17, 15) is 5.11 Å². The van der Waals surface area contributed by atoms with Crippen molar-refractivity contribution in [2.45, 2.75) is 26.0 Å². The normalized spacial score (nSPS) is 11.5. The molecular formula is C15H18N6O2S. The average molecular weight is 346 g/mol. The van der Waals surface area contributed by atoms with Crippen LogP contribution in [-0.4, -0.2) is 37.6 Å². The maximum absolute atomic E-state index is 9.86. The van der Waals surface area contributed by atoms with Crippen molar-refractivity contribution >= 4 is 16.5 Å². The van der Waals surface area contributed by atoms with E-state index in [4.69, 9.17) is 4.74 Å². The van der Waals surface area contributed by atoms with Crippen LogP contribution >= 0.6 is 11.3 Å². The number of aromatic nitrogens is 5. The molecule has 0 saturated heterocycles. The summed E-state index contributed by atoms with van der Waals surface area (Å²) in [5.74, 6) is 1.78. The zero-order valence-electron chi connectivity index (χ0n) is 13.6. The van der Waals surface area contributed by atoms with Gasteiger partial charge < -0.3 is 15.2 Å². The van der Waals surface area contributed by atoms with E-state index in [2.05, 4.69) is 30.7 Å². The smallest absolute Gasteiger partial charge is 0.206 e. The van der Waals surface area contributed by atoms with E-state index < -0.39 is 5.60 Å². The third-order valence-corrected chi connectivity index (χ3v) is 4.18. The van der Waals surface area contributed by atoms with Gasteiger partial charge in [0.1, 0.15) is 22.2 Å². The molecule has 0 unspecified atom stereocenters. The van der Waals surface area contributed by atoms with Crippen LogP contribution in [0.3, 0.4) is 0 Å². The van der Waals surface area contributed by atoms with E-state index in [0.717, 1.165) is 16.3 Å². The lowest BCUT2D eigenvalue weighted by atomic mass is 10.1. The Labute approximate surface area is 142 Å². The summed E-state index contributed by atoms with van der Waals surface area (Å²) in [5, 5.41) is 29.6. The summed E-state index contributed by atoms with van der Waals surface area (Å²) in [5.41, 5.74) is -0.0933. The molecule has 0 aliphatic rings. The number of H-pyrrole nitrogens is 1. The van der Waals surface area contributed by atoms with Gasteiger partial charge in [-0.1, -0.05) is 11.3 Å². The van der Waals surface area contributed by atoms with Crippen LogP contribution in [0.4, 0.5) is 5.13 Å². The van der Waals surface area contributed by atoms with Crippen LogP contribution in [0.15, 0.2) is 24.3 Å². The molecule has 8 nitrogen and oxygen atoms in total. The quantitative estimate of drug-likeness (QED) is 0.627. The maximum atomic E-state index is 9.86. The van der Waals surface area contributed by atoms with Crippen LogP contribution in [0.2, 0.25) is 0 Å². The number of aromatic amines is 1. The minimum absolute atomic E-state index is 0.357. The van der Waals surface area contributed by atoms with Crippen molar-refractivity contribution in [3.05, 3.63) is 35.9 Å². The van der Waals surface area contributed by atoms with Crippen molar-refractivity contribution < 1.29 is 9.84 Å². The predicted octanol–water partition coefficient (Wildman–Crippen LogP) is 2.17. The third kappa shape index (κ3) is 3.69. The van der Waals surface area contributed by atoms with E-state index in [1.165, 1.54) is 11.3 Å². The van der Waals surface area contributed by atoms with Crippen LogP contribution in [0.1, 0.15) is 25.5 Å². The SMILES string of the molecule is COc1ccc(-c2nnc(NCc3nc(C(C)(C)O)n[nH]3)s2)cc1. The summed E-state index contributed by atoms with van der Waals surface area (Å²) < 4.78 is 5.14. The Morgan fingerprint density at radius 2 is 2.00 bits per heavy atom. The molecular weight excluding hydrogens is 328 g/mol. The second-order valence-corrected chi connectivity index (χ2v) is 6.64. The van der Waals surface area contributed by atoms with Crippen LogP contribution in [0.5, 0.6) is 5.75 Å². The van der Waals surface area contributed by atoms with E-state index in [0.29, 0.717) is 23.3 Å². The molecule has 2 aromatic heterocycles. The Morgan fingerprint density at radius 1 is 1.25 bits per heavy atom. The van der Waals surface area contributed by atoms with Gasteiger partial charge in [-0.25, -0.2) is 4.98 Å². The average Bonchev–Trinajstić information content (AvgIpc) is 3.22. The van der Waals surface area contributed by atoms with E-state index in [1.54, 1.807) is 21.0 Å². The number of rotatable bonds is 6. The number of nitrogens with one attached hydrogen (secondary N) is 2. The Morgan fingerprint density at radius 3 is 2.62 bits per heavy atom. The predicted molar refractivity (Wildman–Crippen MR) is 90.9 cm³/mol. The summed E-state index contributed by atoms with van der Waals surface area (Å²) in [6.45, 7) is 3.69.